The van der Waals surface area contributed by atoms with Gasteiger partial charge in [0.25, 0.3) is 0 Å². The van der Waals surface area contributed by atoms with E-state index >= 15 is 0 Å². The fourth-order valence-electron chi connectivity index (χ4n) is 3.90. The fourth-order valence-corrected chi connectivity index (χ4v) is 3.90. The van der Waals surface area contributed by atoms with Crippen LogP contribution in [0.15, 0.2) is 36.4 Å². The number of aliphatic carboxylic acids is 1. The number of rotatable bonds is 8. The van der Waals surface area contributed by atoms with Gasteiger partial charge in [-0.25, -0.2) is 4.79 Å². The summed E-state index contributed by atoms with van der Waals surface area (Å²) in [6, 6.07) is 9.35. The number of carboxylic acid groups (broad SMARTS) is 1. The molecular weight excluding hydrogens is 448 g/mol. The number of aliphatic hydroxyl groups excluding tert-OH is 3. The fraction of sp³-hybridized carbons (Fsp3) is 0.458. The van der Waals surface area contributed by atoms with Crippen molar-refractivity contribution in [3.05, 3.63) is 47.5 Å². The maximum absolute atomic E-state index is 11.3. The molecule has 1 heterocycles. The molecule has 10 heteroatoms. The van der Waals surface area contributed by atoms with Crippen LogP contribution in [0, 0.1) is 11.8 Å². The third-order valence-electron chi connectivity index (χ3n) is 6.21. The molecule has 7 atom stereocenters. The highest BCUT2D eigenvalue weighted by molar-refractivity contribution is 5.73. The summed E-state index contributed by atoms with van der Waals surface area (Å²) < 4.78 is 10.6. The maximum atomic E-state index is 11.3. The molecule has 2 aromatic rings. The van der Waals surface area contributed by atoms with Crippen LogP contribution in [0.2, 0.25) is 0 Å². The molecule has 1 aliphatic rings. The highest BCUT2D eigenvalue weighted by Crippen LogP contribution is 2.33. The minimum Gasteiger partial charge on any atom is -0.504 e. The van der Waals surface area contributed by atoms with E-state index < -0.39 is 36.7 Å². The van der Waals surface area contributed by atoms with Gasteiger partial charge in [-0.05, 0) is 60.1 Å². The monoisotopic (exact) mass is 478 g/mol. The second kappa shape index (κ2) is 10.5. The molecule has 7 N–H and O–H groups in total. The number of aromatic hydroxyl groups is 3. The Labute approximate surface area is 196 Å². The van der Waals surface area contributed by atoms with Gasteiger partial charge < -0.3 is 45.2 Å². The number of hydrogen-bond acceptors (Lipinski definition) is 9. The predicted molar refractivity (Wildman–Crippen MR) is 119 cm³/mol. The van der Waals surface area contributed by atoms with E-state index in [1.54, 1.807) is 12.1 Å². The minimum absolute atomic E-state index is 0.0717. The zero-order valence-corrected chi connectivity index (χ0v) is 18.8. The molecule has 10 nitrogen and oxygen atoms in total. The number of ether oxygens (including phenoxy) is 2. The first-order valence-electron chi connectivity index (χ1n) is 10.9. The third kappa shape index (κ3) is 5.71. The lowest BCUT2D eigenvalue weighted by Crippen LogP contribution is -2.61. The van der Waals surface area contributed by atoms with E-state index in [0.717, 1.165) is 11.1 Å². The van der Waals surface area contributed by atoms with E-state index in [1.807, 2.05) is 6.92 Å². The van der Waals surface area contributed by atoms with Crippen molar-refractivity contribution in [3.63, 3.8) is 0 Å². The van der Waals surface area contributed by atoms with Crippen molar-refractivity contribution in [2.24, 2.45) is 11.8 Å². The molecule has 1 aliphatic heterocycles. The van der Waals surface area contributed by atoms with E-state index in [-0.39, 0.29) is 34.8 Å². The number of aliphatic hydroxyl groups is 3. The van der Waals surface area contributed by atoms with Crippen LogP contribution in [0.1, 0.15) is 25.0 Å². The first-order valence-corrected chi connectivity index (χ1v) is 10.9. The summed E-state index contributed by atoms with van der Waals surface area (Å²) in [5, 5.41) is 68.4. The van der Waals surface area contributed by atoms with Gasteiger partial charge in [-0.2, -0.15) is 0 Å². The number of carboxylic acids is 1. The third-order valence-corrected chi connectivity index (χ3v) is 6.21. The lowest BCUT2D eigenvalue weighted by Gasteiger charge is -2.38. The van der Waals surface area contributed by atoms with Crippen LogP contribution in [-0.4, -0.2) is 72.4 Å². The van der Waals surface area contributed by atoms with Crippen LogP contribution >= 0.6 is 0 Å². The molecule has 0 spiro atoms. The van der Waals surface area contributed by atoms with E-state index in [4.69, 9.17) is 9.47 Å². The largest absolute Gasteiger partial charge is 0.504 e. The Bertz CT molecular complexity index is 1010. The Morgan fingerprint density at radius 2 is 1.41 bits per heavy atom. The number of phenols is 3. The molecule has 0 amide bonds. The first kappa shape index (κ1) is 25.6. The van der Waals surface area contributed by atoms with Crippen molar-refractivity contribution in [2.75, 3.05) is 0 Å². The smallest absolute Gasteiger partial charge is 0.335 e. The Morgan fingerprint density at radius 1 is 0.853 bits per heavy atom. The lowest BCUT2D eigenvalue weighted by atomic mass is 9.85. The topological polar surface area (TPSA) is 177 Å². The molecule has 186 valence electrons. The van der Waals surface area contributed by atoms with Crippen LogP contribution < -0.4 is 4.74 Å². The summed E-state index contributed by atoms with van der Waals surface area (Å²) in [5.41, 5.74) is 1.67. The average molecular weight is 478 g/mol. The Kier molecular flexibility index (Phi) is 7.88. The number of carbonyl (C=O) groups is 1. The molecule has 0 aromatic heterocycles. The number of hydrogen-bond donors (Lipinski definition) is 7. The SMILES string of the molecule is C[C@H](Cc1ccc(O)c(O)c1)[C@@H](C)Cc1ccc(O)c(O[C@@H]2O[C@H](C(=O)O)[C@@H](O)[C@H](O)[C@H]2O)c1. The quantitative estimate of drug-likeness (QED) is 0.272. The normalized spacial score (nSPS) is 26.6. The number of phenolic OH excluding ortho intramolecular Hbond substituents is 3. The van der Waals surface area contributed by atoms with Gasteiger partial charge in [-0.1, -0.05) is 26.0 Å². The molecule has 1 fully saturated rings. The van der Waals surface area contributed by atoms with Gasteiger partial charge in [0.1, 0.15) is 18.3 Å². The second-order valence-electron chi connectivity index (χ2n) is 8.84. The Balaban J connectivity index is 1.69. The van der Waals surface area contributed by atoms with Crippen LogP contribution in [-0.2, 0) is 22.4 Å². The van der Waals surface area contributed by atoms with Crippen molar-refractivity contribution in [3.8, 4) is 23.0 Å². The molecule has 34 heavy (non-hydrogen) atoms. The average Bonchev–Trinajstić information content (AvgIpc) is 2.78. The van der Waals surface area contributed by atoms with E-state index in [0.29, 0.717) is 12.8 Å². The van der Waals surface area contributed by atoms with Gasteiger partial charge >= 0.3 is 5.97 Å². The minimum atomic E-state index is -1.84. The highest BCUT2D eigenvalue weighted by atomic mass is 16.7. The summed E-state index contributed by atoms with van der Waals surface area (Å²) in [6.45, 7) is 4.10. The van der Waals surface area contributed by atoms with Gasteiger partial charge in [-0.15, -0.1) is 0 Å². The van der Waals surface area contributed by atoms with E-state index in [1.165, 1.54) is 24.3 Å². The molecule has 3 rings (SSSR count). The Morgan fingerprint density at radius 3 is 1.97 bits per heavy atom. The standard InChI is InChI=1S/C24H30O10/c1-11(7-13-3-5-15(25)17(27)9-13)12(2)8-14-4-6-16(26)18(10-14)33-24-21(30)19(28)20(29)22(34-24)23(31)32/h3-6,9-12,19-22,24-30H,7-8H2,1-2H3,(H,31,32)/t11-,12+,19+,20+,21-,22+,24-/m1/s1. The van der Waals surface area contributed by atoms with Gasteiger partial charge in [-0.3, -0.25) is 0 Å². The van der Waals surface area contributed by atoms with Gasteiger partial charge in [0.2, 0.25) is 6.29 Å². The lowest BCUT2D eigenvalue weighted by molar-refractivity contribution is -0.271. The van der Waals surface area contributed by atoms with E-state index in [9.17, 15) is 40.5 Å². The van der Waals surface area contributed by atoms with Gasteiger partial charge in [0, 0.05) is 0 Å². The predicted octanol–water partition coefficient (Wildman–Crippen LogP) is 1.13. The van der Waals surface area contributed by atoms with Crippen molar-refractivity contribution >= 4 is 5.97 Å². The van der Waals surface area contributed by atoms with Crippen molar-refractivity contribution in [2.45, 2.75) is 57.4 Å². The molecule has 0 saturated carbocycles. The Hall–Kier alpha value is -3.05. The molecule has 0 bridgehead atoms. The van der Waals surface area contributed by atoms with Crippen molar-refractivity contribution < 1.29 is 50.0 Å². The molecule has 1 saturated heterocycles. The zero-order valence-electron chi connectivity index (χ0n) is 18.8. The summed E-state index contributed by atoms with van der Waals surface area (Å²) in [7, 11) is 0. The van der Waals surface area contributed by atoms with Crippen LogP contribution in [0.4, 0.5) is 0 Å². The summed E-state index contributed by atoms with van der Waals surface area (Å²) in [6.07, 6.45) is -7.58. The highest BCUT2D eigenvalue weighted by Gasteiger charge is 2.48. The van der Waals surface area contributed by atoms with Crippen molar-refractivity contribution in [1.82, 2.24) is 0 Å². The first-order chi connectivity index (χ1) is 16.0. The summed E-state index contributed by atoms with van der Waals surface area (Å²) >= 11 is 0. The van der Waals surface area contributed by atoms with Crippen molar-refractivity contribution in [1.29, 1.82) is 0 Å². The maximum Gasteiger partial charge on any atom is 0.335 e. The second-order valence-corrected chi connectivity index (χ2v) is 8.84. The molecule has 0 radical (unpaired) electrons. The molecular formula is C24H30O10. The summed E-state index contributed by atoms with van der Waals surface area (Å²) in [5.74, 6) is -1.87. The molecule has 2 aromatic carbocycles. The zero-order chi connectivity index (χ0) is 25.2. The van der Waals surface area contributed by atoms with Crippen LogP contribution in [0.5, 0.6) is 23.0 Å². The summed E-state index contributed by atoms with van der Waals surface area (Å²) in [4.78, 5) is 11.3. The number of benzene rings is 2. The van der Waals surface area contributed by atoms with Gasteiger partial charge in [0.15, 0.2) is 29.1 Å². The molecule has 0 unspecified atom stereocenters. The molecule has 0 aliphatic carbocycles. The van der Waals surface area contributed by atoms with Gasteiger partial charge in [0.05, 0.1) is 0 Å². The van der Waals surface area contributed by atoms with Crippen LogP contribution in [0.25, 0.3) is 0 Å². The van der Waals surface area contributed by atoms with Crippen LogP contribution in [0.3, 0.4) is 0 Å². The van der Waals surface area contributed by atoms with E-state index in [2.05, 4.69) is 6.92 Å².